The summed E-state index contributed by atoms with van der Waals surface area (Å²) in [6.45, 7) is 5.42. The average molecular weight is 270 g/mol. The lowest BCUT2D eigenvalue weighted by Gasteiger charge is -2.34. The fraction of sp³-hybridized carbons (Fsp3) is 0.500. The van der Waals surface area contributed by atoms with Crippen LogP contribution in [-0.4, -0.2) is 35.9 Å². The van der Waals surface area contributed by atoms with E-state index < -0.39 is 0 Å². The van der Waals surface area contributed by atoms with Crippen molar-refractivity contribution in [2.75, 3.05) is 24.5 Å². The Bertz CT molecular complexity index is 564. The molecule has 1 fully saturated rings. The van der Waals surface area contributed by atoms with Gasteiger partial charge in [0.2, 0.25) is 0 Å². The van der Waals surface area contributed by atoms with Crippen LogP contribution in [0.2, 0.25) is 0 Å². The van der Waals surface area contributed by atoms with Crippen molar-refractivity contribution in [1.82, 2.24) is 15.5 Å². The van der Waals surface area contributed by atoms with Crippen molar-refractivity contribution in [3.05, 3.63) is 30.5 Å². The topological polar surface area (TPSA) is 41.0 Å². The van der Waals surface area contributed by atoms with Crippen molar-refractivity contribution < 1.29 is 0 Å². The molecule has 1 aromatic heterocycles. The van der Waals surface area contributed by atoms with E-state index in [4.69, 9.17) is 0 Å². The van der Waals surface area contributed by atoms with Gasteiger partial charge in [-0.3, -0.25) is 0 Å². The first-order valence-electron chi connectivity index (χ1n) is 7.57. The predicted octanol–water partition coefficient (Wildman–Crippen LogP) is 2.60. The van der Waals surface area contributed by atoms with Gasteiger partial charge in [0.15, 0.2) is 5.82 Å². The Balaban J connectivity index is 1.83. The summed E-state index contributed by atoms with van der Waals surface area (Å²) in [7, 11) is 0. The number of rotatable bonds is 4. The Morgan fingerprint density at radius 1 is 1.35 bits per heavy atom. The van der Waals surface area contributed by atoms with Gasteiger partial charge in [0, 0.05) is 29.9 Å². The summed E-state index contributed by atoms with van der Waals surface area (Å²) in [5.41, 5.74) is 0. The number of anilines is 1. The van der Waals surface area contributed by atoms with E-state index in [2.05, 4.69) is 51.6 Å². The van der Waals surface area contributed by atoms with Crippen LogP contribution in [0.3, 0.4) is 0 Å². The van der Waals surface area contributed by atoms with E-state index in [1.807, 2.05) is 6.20 Å². The van der Waals surface area contributed by atoms with Crippen molar-refractivity contribution in [3.63, 3.8) is 0 Å². The number of piperidine rings is 1. The summed E-state index contributed by atoms with van der Waals surface area (Å²) in [4.78, 5) is 2.38. The normalized spacial score (nSPS) is 19.4. The average Bonchev–Trinajstić information content (AvgIpc) is 2.52. The van der Waals surface area contributed by atoms with E-state index >= 15 is 0 Å². The Hall–Kier alpha value is -1.68. The molecule has 1 N–H and O–H groups in total. The smallest absolute Gasteiger partial charge is 0.159 e. The molecule has 4 heteroatoms. The first kappa shape index (κ1) is 13.3. The highest BCUT2D eigenvalue weighted by atomic mass is 15.3. The summed E-state index contributed by atoms with van der Waals surface area (Å²) in [6, 6.07) is 8.94. The first-order chi connectivity index (χ1) is 9.88. The summed E-state index contributed by atoms with van der Waals surface area (Å²) in [5.74, 6) is 1.03. The SMILES string of the molecule is CCCNC1CCCN(c2nncc3ccccc23)C1. The van der Waals surface area contributed by atoms with Crippen LogP contribution in [0, 0.1) is 0 Å². The molecule has 20 heavy (non-hydrogen) atoms. The third kappa shape index (κ3) is 2.75. The highest BCUT2D eigenvalue weighted by Crippen LogP contribution is 2.25. The van der Waals surface area contributed by atoms with Gasteiger partial charge in [-0.2, -0.15) is 5.10 Å². The first-order valence-corrected chi connectivity index (χ1v) is 7.57. The molecule has 0 saturated carbocycles. The lowest BCUT2D eigenvalue weighted by Crippen LogP contribution is -2.46. The van der Waals surface area contributed by atoms with E-state index in [-0.39, 0.29) is 0 Å². The molecule has 2 aromatic rings. The number of hydrogen-bond acceptors (Lipinski definition) is 4. The maximum atomic E-state index is 4.39. The van der Waals surface area contributed by atoms with Crippen LogP contribution in [0.15, 0.2) is 30.5 Å². The summed E-state index contributed by atoms with van der Waals surface area (Å²) in [5, 5.41) is 14.6. The van der Waals surface area contributed by atoms with E-state index in [0.29, 0.717) is 6.04 Å². The minimum atomic E-state index is 0.574. The Kier molecular flexibility index (Phi) is 4.11. The molecule has 4 nitrogen and oxygen atoms in total. The number of nitrogens with one attached hydrogen (secondary N) is 1. The van der Waals surface area contributed by atoms with E-state index in [0.717, 1.165) is 25.5 Å². The molecule has 0 aliphatic carbocycles. The minimum Gasteiger partial charge on any atom is -0.353 e. The number of hydrogen-bond donors (Lipinski definition) is 1. The van der Waals surface area contributed by atoms with Crippen LogP contribution >= 0.6 is 0 Å². The zero-order chi connectivity index (χ0) is 13.8. The second-order valence-electron chi connectivity index (χ2n) is 5.49. The predicted molar refractivity (Wildman–Crippen MR) is 83.1 cm³/mol. The monoisotopic (exact) mass is 270 g/mol. The van der Waals surface area contributed by atoms with Crippen molar-refractivity contribution in [1.29, 1.82) is 0 Å². The summed E-state index contributed by atoms with van der Waals surface area (Å²) in [6.07, 6.45) is 5.50. The van der Waals surface area contributed by atoms with Gasteiger partial charge < -0.3 is 10.2 Å². The van der Waals surface area contributed by atoms with Gasteiger partial charge in [-0.25, -0.2) is 0 Å². The van der Waals surface area contributed by atoms with Crippen molar-refractivity contribution in [3.8, 4) is 0 Å². The van der Waals surface area contributed by atoms with Crippen LogP contribution in [0.25, 0.3) is 10.8 Å². The maximum absolute atomic E-state index is 4.39. The Labute approximate surface area is 120 Å². The Morgan fingerprint density at radius 3 is 3.15 bits per heavy atom. The number of fused-ring (bicyclic) bond motifs is 1. The highest BCUT2D eigenvalue weighted by Gasteiger charge is 2.21. The van der Waals surface area contributed by atoms with Crippen LogP contribution in [0.4, 0.5) is 5.82 Å². The molecule has 2 heterocycles. The third-order valence-electron chi connectivity index (χ3n) is 3.95. The van der Waals surface area contributed by atoms with Crippen LogP contribution in [0.1, 0.15) is 26.2 Å². The molecule has 106 valence electrons. The number of nitrogens with zero attached hydrogens (tertiary/aromatic N) is 3. The molecule has 0 bridgehead atoms. The largest absolute Gasteiger partial charge is 0.353 e. The Morgan fingerprint density at radius 2 is 2.25 bits per heavy atom. The second-order valence-corrected chi connectivity index (χ2v) is 5.49. The van der Waals surface area contributed by atoms with Crippen molar-refractivity contribution in [2.45, 2.75) is 32.2 Å². The zero-order valence-electron chi connectivity index (χ0n) is 12.0. The van der Waals surface area contributed by atoms with Gasteiger partial charge in [-0.1, -0.05) is 31.2 Å². The lowest BCUT2D eigenvalue weighted by atomic mass is 10.0. The molecular weight excluding hydrogens is 248 g/mol. The second kappa shape index (κ2) is 6.18. The molecule has 0 spiro atoms. The van der Waals surface area contributed by atoms with Gasteiger partial charge in [0.1, 0.15) is 0 Å². The molecular formula is C16H22N4. The van der Waals surface area contributed by atoms with Gasteiger partial charge in [0.25, 0.3) is 0 Å². The van der Waals surface area contributed by atoms with E-state index in [1.54, 1.807) is 0 Å². The minimum absolute atomic E-state index is 0.574. The highest BCUT2D eigenvalue weighted by molar-refractivity contribution is 5.91. The molecule has 0 radical (unpaired) electrons. The maximum Gasteiger partial charge on any atom is 0.159 e. The van der Waals surface area contributed by atoms with E-state index in [1.165, 1.54) is 30.0 Å². The van der Waals surface area contributed by atoms with Crippen molar-refractivity contribution in [2.24, 2.45) is 0 Å². The molecule has 0 amide bonds. The zero-order valence-corrected chi connectivity index (χ0v) is 12.0. The van der Waals surface area contributed by atoms with Gasteiger partial charge in [0.05, 0.1) is 6.20 Å². The van der Waals surface area contributed by atoms with Gasteiger partial charge in [-0.05, 0) is 25.8 Å². The summed E-state index contributed by atoms with van der Waals surface area (Å²) < 4.78 is 0. The van der Waals surface area contributed by atoms with Crippen LogP contribution in [-0.2, 0) is 0 Å². The molecule has 1 atom stereocenters. The number of aromatic nitrogens is 2. The third-order valence-corrected chi connectivity index (χ3v) is 3.95. The van der Waals surface area contributed by atoms with Crippen LogP contribution in [0.5, 0.6) is 0 Å². The fourth-order valence-electron chi connectivity index (χ4n) is 2.93. The molecule has 1 aliphatic heterocycles. The molecule has 1 saturated heterocycles. The molecule has 3 rings (SSSR count). The van der Waals surface area contributed by atoms with Crippen molar-refractivity contribution >= 4 is 16.6 Å². The van der Waals surface area contributed by atoms with Gasteiger partial charge in [-0.15, -0.1) is 5.10 Å². The van der Waals surface area contributed by atoms with Gasteiger partial charge >= 0.3 is 0 Å². The molecule has 1 aromatic carbocycles. The van der Waals surface area contributed by atoms with Crippen LogP contribution < -0.4 is 10.2 Å². The quantitative estimate of drug-likeness (QED) is 0.927. The molecule has 1 unspecified atom stereocenters. The molecule has 1 aliphatic rings. The fourth-order valence-corrected chi connectivity index (χ4v) is 2.93. The van der Waals surface area contributed by atoms with E-state index in [9.17, 15) is 0 Å². The lowest BCUT2D eigenvalue weighted by molar-refractivity contribution is 0.422. The number of benzene rings is 1. The standard InChI is InChI=1S/C16H22N4/c1-2-9-17-14-7-5-10-20(12-14)16-15-8-4-3-6-13(15)11-18-19-16/h3-4,6,8,11,14,17H,2,5,7,9-10,12H2,1H3. The summed E-state index contributed by atoms with van der Waals surface area (Å²) >= 11 is 0.